The van der Waals surface area contributed by atoms with Gasteiger partial charge in [0.2, 0.25) is 0 Å². The fourth-order valence-electron chi connectivity index (χ4n) is 1.64. The molecule has 0 aromatic heterocycles. The Labute approximate surface area is 115 Å². The topological polar surface area (TPSA) is 21.3 Å². The van der Waals surface area contributed by atoms with Gasteiger partial charge in [0.15, 0.2) is 11.6 Å². The van der Waals surface area contributed by atoms with E-state index < -0.39 is 11.6 Å². The third-order valence-electron chi connectivity index (χ3n) is 2.51. The van der Waals surface area contributed by atoms with Gasteiger partial charge in [-0.1, -0.05) is 11.6 Å². The molecule has 19 heavy (non-hydrogen) atoms. The molecule has 100 valence electrons. The van der Waals surface area contributed by atoms with E-state index in [1.165, 1.54) is 6.07 Å². The van der Waals surface area contributed by atoms with Gasteiger partial charge in [0.05, 0.1) is 0 Å². The van der Waals surface area contributed by atoms with E-state index in [-0.39, 0.29) is 5.75 Å². The first kappa shape index (κ1) is 13.8. The van der Waals surface area contributed by atoms with Gasteiger partial charge in [-0.3, -0.25) is 0 Å². The van der Waals surface area contributed by atoms with E-state index in [0.717, 1.165) is 17.7 Å². The van der Waals surface area contributed by atoms with Crippen LogP contribution >= 0.6 is 11.6 Å². The van der Waals surface area contributed by atoms with Crippen molar-refractivity contribution >= 4 is 11.6 Å². The first-order valence-electron chi connectivity index (χ1n) is 5.66. The summed E-state index contributed by atoms with van der Waals surface area (Å²) >= 11 is 5.91. The third-order valence-corrected chi connectivity index (χ3v) is 2.74. The standard InChI is InChI=1S/C14H12ClF2NO/c1-18-8-9-6-10(15)2-5-14(9)19-11-3-4-12(16)13(17)7-11/h2-7,18H,8H2,1H3. The summed E-state index contributed by atoms with van der Waals surface area (Å²) in [6, 6.07) is 8.53. The molecule has 2 aromatic rings. The highest BCUT2D eigenvalue weighted by atomic mass is 35.5. The maximum Gasteiger partial charge on any atom is 0.162 e. The average molecular weight is 284 g/mol. The monoisotopic (exact) mass is 283 g/mol. The van der Waals surface area contributed by atoms with Gasteiger partial charge in [-0.15, -0.1) is 0 Å². The average Bonchev–Trinajstić information content (AvgIpc) is 2.37. The Hall–Kier alpha value is -1.65. The zero-order valence-corrected chi connectivity index (χ0v) is 11.0. The number of hydrogen-bond acceptors (Lipinski definition) is 2. The summed E-state index contributed by atoms with van der Waals surface area (Å²) in [7, 11) is 1.79. The van der Waals surface area contributed by atoms with Crippen LogP contribution in [0.5, 0.6) is 11.5 Å². The molecule has 0 unspecified atom stereocenters. The minimum Gasteiger partial charge on any atom is -0.457 e. The molecule has 0 heterocycles. The molecule has 0 bridgehead atoms. The van der Waals surface area contributed by atoms with Gasteiger partial charge in [-0.05, 0) is 37.4 Å². The van der Waals surface area contributed by atoms with Crippen molar-refractivity contribution in [3.05, 3.63) is 58.6 Å². The van der Waals surface area contributed by atoms with E-state index in [1.54, 1.807) is 25.2 Å². The molecule has 0 radical (unpaired) electrons. The smallest absolute Gasteiger partial charge is 0.162 e. The van der Waals surface area contributed by atoms with Crippen LogP contribution in [0.2, 0.25) is 5.02 Å². The third kappa shape index (κ3) is 3.43. The van der Waals surface area contributed by atoms with Gasteiger partial charge in [-0.25, -0.2) is 8.78 Å². The molecule has 2 nitrogen and oxygen atoms in total. The zero-order chi connectivity index (χ0) is 13.8. The SMILES string of the molecule is CNCc1cc(Cl)ccc1Oc1ccc(F)c(F)c1. The molecule has 2 aromatic carbocycles. The Morgan fingerprint density at radius 1 is 1.11 bits per heavy atom. The van der Waals surface area contributed by atoms with Crippen molar-refractivity contribution in [1.82, 2.24) is 5.32 Å². The van der Waals surface area contributed by atoms with Gasteiger partial charge in [0.1, 0.15) is 11.5 Å². The molecule has 0 amide bonds. The minimum atomic E-state index is -0.943. The maximum atomic E-state index is 13.1. The van der Waals surface area contributed by atoms with Crippen molar-refractivity contribution in [2.45, 2.75) is 6.54 Å². The number of rotatable bonds is 4. The first-order chi connectivity index (χ1) is 9.10. The van der Waals surface area contributed by atoms with Gasteiger partial charge >= 0.3 is 0 Å². The van der Waals surface area contributed by atoms with E-state index in [9.17, 15) is 8.78 Å². The molecular weight excluding hydrogens is 272 g/mol. The van der Waals surface area contributed by atoms with Crippen molar-refractivity contribution in [2.75, 3.05) is 7.05 Å². The lowest BCUT2D eigenvalue weighted by molar-refractivity contribution is 0.456. The summed E-state index contributed by atoms with van der Waals surface area (Å²) in [5.41, 5.74) is 0.833. The second-order valence-electron chi connectivity index (χ2n) is 3.96. The normalized spacial score (nSPS) is 10.5. The van der Waals surface area contributed by atoms with Crippen LogP contribution in [-0.2, 0) is 6.54 Å². The number of halogens is 3. The zero-order valence-electron chi connectivity index (χ0n) is 10.2. The molecule has 0 saturated heterocycles. The molecule has 5 heteroatoms. The fourth-order valence-corrected chi connectivity index (χ4v) is 1.84. The molecule has 0 saturated carbocycles. The Kier molecular flexibility index (Phi) is 4.35. The predicted molar refractivity (Wildman–Crippen MR) is 70.6 cm³/mol. The van der Waals surface area contributed by atoms with Gasteiger partial charge < -0.3 is 10.1 Å². The second kappa shape index (κ2) is 5.99. The van der Waals surface area contributed by atoms with E-state index in [2.05, 4.69) is 5.32 Å². The Bertz CT molecular complexity index is 590. The highest BCUT2D eigenvalue weighted by Crippen LogP contribution is 2.28. The molecule has 0 aliphatic rings. The fraction of sp³-hybridized carbons (Fsp3) is 0.143. The minimum absolute atomic E-state index is 0.235. The summed E-state index contributed by atoms with van der Waals surface area (Å²) in [4.78, 5) is 0. The summed E-state index contributed by atoms with van der Waals surface area (Å²) in [5.74, 6) is -1.07. The lowest BCUT2D eigenvalue weighted by Gasteiger charge is -2.11. The molecule has 0 aliphatic carbocycles. The van der Waals surface area contributed by atoms with Crippen LogP contribution in [0.25, 0.3) is 0 Å². The van der Waals surface area contributed by atoms with Gasteiger partial charge in [0.25, 0.3) is 0 Å². The van der Waals surface area contributed by atoms with Crippen molar-refractivity contribution in [3.63, 3.8) is 0 Å². The number of hydrogen-bond donors (Lipinski definition) is 1. The molecule has 0 atom stereocenters. The Morgan fingerprint density at radius 2 is 1.89 bits per heavy atom. The summed E-state index contributed by atoms with van der Waals surface area (Å²) in [6.07, 6.45) is 0. The summed E-state index contributed by atoms with van der Waals surface area (Å²) < 4.78 is 31.5. The highest BCUT2D eigenvalue weighted by Gasteiger charge is 2.08. The van der Waals surface area contributed by atoms with Crippen LogP contribution in [0.3, 0.4) is 0 Å². The van der Waals surface area contributed by atoms with Gasteiger partial charge in [0, 0.05) is 23.2 Å². The molecule has 0 fully saturated rings. The molecular formula is C14H12ClF2NO. The van der Waals surface area contributed by atoms with E-state index in [0.29, 0.717) is 17.3 Å². The van der Waals surface area contributed by atoms with Crippen molar-refractivity contribution < 1.29 is 13.5 Å². The summed E-state index contributed by atoms with van der Waals surface area (Å²) in [6.45, 7) is 0.555. The number of benzene rings is 2. The molecule has 1 N–H and O–H groups in total. The lowest BCUT2D eigenvalue weighted by Crippen LogP contribution is -2.06. The second-order valence-corrected chi connectivity index (χ2v) is 4.40. The first-order valence-corrected chi connectivity index (χ1v) is 6.04. The highest BCUT2D eigenvalue weighted by molar-refractivity contribution is 6.30. The maximum absolute atomic E-state index is 13.1. The van der Waals surface area contributed by atoms with Gasteiger partial charge in [-0.2, -0.15) is 0 Å². The van der Waals surface area contributed by atoms with Crippen molar-refractivity contribution in [1.29, 1.82) is 0 Å². The Morgan fingerprint density at radius 3 is 2.58 bits per heavy atom. The number of ether oxygens (including phenoxy) is 1. The van der Waals surface area contributed by atoms with E-state index >= 15 is 0 Å². The van der Waals surface area contributed by atoms with Crippen LogP contribution in [0.1, 0.15) is 5.56 Å². The number of nitrogens with one attached hydrogen (secondary N) is 1. The molecule has 0 spiro atoms. The van der Waals surface area contributed by atoms with Crippen LogP contribution in [0, 0.1) is 11.6 Å². The van der Waals surface area contributed by atoms with E-state index in [1.807, 2.05) is 0 Å². The molecule has 2 rings (SSSR count). The Balaban J connectivity index is 2.29. The summed E-state index contributed by atoms with van der Waals surface area (Å²) in [5, 5.41) is 3.57. The lowest BCUT2D eigenvalue weighted by atomic mass is 10.2. The molecule has 0 aliphatic heterocycles. The van der Waals surface area contributed by atoms with Crippen molar-refractivity contribution in [2.24, 2.45) is 0 Å². The van der Waals surface area contributed by atoms with Crippen LogP contribution < -0.4 is 10.1 Å². The quantitative estimate of drug-likeness (QED) is 0.911. The van der Waals surface area contributed by atoms with E-state index in [4.69, 9.17) is 16.3 Å². The van der Waals surface area contributed by atoms with Crippen LogP contribution in [0.4, 0.5) is 8.78 Å². The van der Waals surface area contributed by atoms with Crippen LogP contribution in [0.15, 0.2) is 36.4 Å². The largest absolute Gasteiger partial charge is 0.457 e. The van der Waals surface area contributed by atoms with Crippen molar-refractivity contribution in [3.8, 4) is 11.5 Å². The van der Waals surface area contributed by atoms with Crippen LogP contribution in [-0.4, -0.2) is 7.05 Å². The predicted octanol–water partition coefficient (Wildman–Crippen LogP) is 4.13.